The van der Waals surface area contributed by atoms with Gasteiger partial charge in [-0.15, -0.1) is 0 Å². The van der Waals surface area contributed by atoms with Gasteiger partial charge in [0.25, 0.3) is 5.91 Å². The SMILES string of the molecule is Cc1cc(C)cc(S(=O)(=O)N2C[C@H](C)N(C(=O)c3cn[nH]n3)C[C@H]2C)c1. The van der Waals surface area contributed by atoms with Crippen molar-refractivity contribution in [3.05, 3.63) is 41.2 Å². The predicted octanol–water partition coefficient (Wildman–Crippen LogP) is 1.35. The first-order valence-corrected chi connectivity index (χ1v) is 9.91. The summed E-state index contributed by atoms with van der Waals surface area (Å²) in [5.74, 6) is -0.249. The van der Waals surface area contributed by atoms with E-state index in [9.17, 15) is 13.2 Å². The first-order chi connectivity index (χ1) is 12.2. The summed E-state index contributed by atoms with van der Waals surface area (Å²) in [5, 5.41) is 9.92. The molecule has 2 heterocycles. The lowest BCUT2D eigenvalue weighted by Crippen LogP contribution is -2.59. The largest absolute Gasteiger partial charge is 0.332 e. The number of nitrogens with one attached hydrogen (secondary N) is 1. The third kappa shape index (κ3) is 3.36. The van der Waals surface area contributed by atoms with Crippen LogP contribution in [0.4, 0.5) is 0 Å². The highest BCUT2D eigenvalue weighted by molar-refractivity contribution is 7.89. The van der Waals surface area contributed by atoms with E-state index in [1.165, 1.54) is 10.5 Å². The minimum absolute atomic E-state index is 0.231. The first-order valence-electron chi connectivity index (χ1n) is 8.47. The molecule has 1 aliphatic heterocycles. The van der Waals surface area contributed by atoms with E-state index < -0.39 is 10.0 Å². The van der Waals surface area contributed by atoms with Crippen LogP contribution in [0, 0.1) is 13.8 Å². The van der Waals surface area contributed by atoms with Gasteiger partial charge in [0.15, 0.2) is 5.69 Å². The molecule has 1 N–H and O–H groups in total. The van der Waals surface area contributed by atoms with E-state index in [1.807, 2.05) is 33.8 Å². The van der Waals surface area contributed by atoms with Crippen molar-refractivity contribution in [3.8, 4) is 0 Å². The van der Waals surface area contributed by atoms with E-state index in [1.54, 1.807) is 17.0 Å². The average molecular weight is 377 g/mol. The Morgan fingerprint density at radius 1 is 1.12 bits per heavy atom. The number of hydrogen-bond acceptors (Lipinski definition) is 5. The summed E-state index contributed by atoms with van der Waals surface area (Å²) in [4.78, 5) is 14.5. The fourth-order valence-corrected chi connectivity index (χ4v) is 5.27. The second kappa shape index (κ2) is 6.81. The normalized spacial score (nSPS) is 21.8. The molecule has 2 atom stereocenters. The third-order valence-corrected chi connectivity index (χ3v) is 6.58. The zero-order valence-corrected chi connectivity index (χ0v) is 16.1. The molecule has 9 heteroatoms. The molecule has 1 saturated heterocycles. The van der Waals surface area contributed by atoms with Crippen LogP contribution in [0.5, 0.6) is 0 Å². The monoisotopic (exact) mass is 377 g/mol. The minimum Gasteiger partial charge on any atom is -0.332 e. The smallest absolute Gasteiger partial charge is 0.276 e. The van der Waals surface area contributed by atoms with Crippen molar-refractivity contribution in [2.24, 2.45) is 0 Å². The van der Waals surface area contributed by atoms with Gasteiger partial charge in [0, 0.05) is 25.2 Å². The van der Waals surface area contributed by atoms with Gasteiger partial charge in [0.05, 0.1) is 11.1 Å². The molecule has 0 radical (unpaired) electrons. The van der Waals surface area contributed by atoms with Crippen molar-refractivity contribution in [1.29, 1.82) is 0 Å². The van der Waals surface area contributed by atoms with Gasteiger partial charge in [-0.2, -0.15) is 19.7 Å². The fraction of sp³-hybridized carbons (Fsp3) is 0.471. The number of carbonyl (C=O) groups excluding carboxylic acids is 1. The standard InChI is InChI=1S/C17H23N5O3S/c1-11-5-12(2)7-15(6-11)26(24,25)22-10-13(3)21(9-14(22)4)17(23)16-8-18-20-19-16/h5-8,13-14H,9-10H2,1-4H3,(H,18,19,20)/t13-,14+/m0/s1. The molecule has 1 amide bonds. The number of aryl methyl sites for hydroxylation is 2. The number of rotatable bonds is 3. The Hall–Kier alpha value is -2.26. The van der Waals surface area contributed by atoms with Gasteiger partial charge in [-0.3, -0.25) is 4.79 Å². The Labute approximate surface area is 153 Å². The molecule has 140 valence electrons. The van der Waals surface area contributed by atoms with Crippen molar-refractivity contribution in [2.75, 3.05) is 13.1 Å². The third-order valence-electron chi connectivity index (χ3n) is 4.63. The van der Waals surface area contributed by atoms with E-state index in [0.717, 1.165) is 11.1 Å². The maximum atomic E-state index is 13.1. The number of benzene rings is 1. The van der Waals surface area contributed by atoms with Crippen LogP contribution in [0.2, 0.25) is 0 Å². The van der Waals surface area contributed by atoms with Gasteiger partial charge in [-0.25, -0.2) is 8.42 Å². The van der Waals surface area contributed by atoms with Gasteiger partial charge in [-0.05, 0) is 51.0 Å². The van der Waals surface area contributed by atoms with Crippen LogP contribution in [0.3, 0.4) is 0 Å². The molecule has 1 aromatic heterocycles. The highest BCUT2D eigenvalue weighted by Gasteiger charge is 2.39. The first kappa shape index (κ1) is 18.5. The Morgan fingerprint density at radius 2 is 1.77 bits per heavy atom. The number of carbonyl (C=O) groups is 1. The quantitative estimate of drug-likeness (QED) is 0.870. The molecule has 1 aromatic carbocycles. The molecule has 1 fully saturated rings. The van der Waals surface area contributed by atoms with Gasteiger partial charge >= 0.3 is 0 Å². The lowest BCUT2D eigenvalue weighted by Gasteiger charge is -2.43. The Kier molecular flexibility index (Phi) is 4.85. The number of H-pyrrole nitrogens is 1. The molecule has 8 nitrogen and oxygen atoms in total. The molecule has 0 spiro atoms. The highest BCUT2D eigenvalue weighted by Crippen LogP contribution is 2.26. The van der Waals surface area contributed by atoms with Crippen molar-refractivity contribution in [2.45, 2.75) is 44.7 Å². The summed E-state index contributed by atoms with van der Waals surface area (Å²) >= 11 is 0. The molecule has 0 aliphatic carbocycles. The number of nitrogens with zero attached hydrogens (tertiary/aromatic N) is 4. The highest BCUT2D eigenvalue weighted by atomic mass is 32.2. The Morgan fingerprint density at radius 3 is 2.35 bits per heavy atom. The molecule has 0 unspecified atom stereocenters. The molecule has 26 heavy (non-hydrogen) atoms. The molecule has 3 rings (SSSR count). The molecule has 2 aromatic rings. The number of amides is 1. The van der Waals surface area contributed by atoms with Gasteiger partial charge in [-0.1, -0.05) is 6.07 Å². The van der Waals surface area contributed by atoms with Gasteiger partial charge < -0.3 is 4.90 Å². The van der Waals surface area contributed by atoms with Crippen LogP contribution < -0.4 is 0 Å². The maximum absolute atomic E-state index is 13.1. The van der Waals surface area contributed by atoms with Gasteiger partial charge in [0.1, 0.15) is 0 Å². The molecular weight excluding hydrogens is 354 g/mol. The van der Waals surface area contributed by atoms with Crippen molar-refractivity contribution >= 4 is 15.9 Å². The van der Waals surface area contributed by atoms with E-state index in [2.05, 4.69) is 15.4 Å². The predicted molar refractivity (Wildman–Crippen MR) is 96.2 cm³/mol. The summed E-state index contributed by atoms with van der Waals surface area (Å²) in [7, 11) is -3.63. The Balaban J connectivity index is 1.86. The average Bonchev–Trinajstić information content (AvgIpc) is 3.09. The number of piperazine rings is 1. The molecule has 0 bridgehead atoms. The van der Waals surface area contributed by atoms with Gasteiger partial charge in [0.2, 0.25) is 10.0 Å². The summed E-state index contributed by atoms with van der Waals surface area (Å²) in [6, 6.07) is 4.71. The topological polar surface area (TPSA) is 99.3 Å². The maximum Gasteiger partial charge on any atom is 0.276 e. The molecule has 0 saturated carbocycles. The second-order valence-corrected chi connectivity index (χ2v) is 8.80. The van der Waals surface area contributed by atoms with E-state index in [4.69, 9.17) is 0 Å². The van der Waals surface area contributed by atoms with E-state index in [0.29, 0.717) is 11.4 Å². The van der Waals surface area contributed by atoms with Crippen molar-refractivity contribution < 1.29 is 13.2 Å². The summed E-state index contributed by atoms with van der Waals surface area (Å²) in [6.45, 7) is 7.96. The van der Waals surface area contributed by atoms with Crippen molar-refractivity contribution in [3.63, 3.8) is 0 Å². The van der Waals surface area contributed by atoms with Crippen LogP contribution in [0.1, 0.15) is 35.5 Å². The number of sulfonamides is 1. The minimum atomic E-state index is -3.63. The zero-order chi connectivity index (χ0) is 19.1. The number of aromatic nitrogens is 3. The van der Waals surface area contributed by atoms with E-state index in [-0.39, 0.29) is 30.2 Å². The molecular formula is C17H23N5O3S. The lowest BCUT2D eigenvalue weighted by atomic mass is 10.1. The van der Waals surface area contributed by atoms with Crippen LogP contribution in [0.25, 0.3) is 0 Å². The molecule has 1 aliphatic rings. The number of hydrogen-bond donors (Lipinski definition) is 1. The lowest BCUT2D eigenvalue weighted by molar-refractivity contribution is 0.0501. The summed E-state index contributed by atoms with van der Waals surface area (Å²) in [6.07, 6.45) is 1.37. The number of aromatic amines is 1. The van der Waals surface area contributed by atoms with Crippen LogP contribution in [0.15, 0.2) is 29.3 Å². The van der Waals surface area contributed by atoms with Crippen LogP contribution in [-0.2, 0) is 10.0 Å². The van der Waals surface area contributed by atoms with Crippen LogP contribution >= 0.6 is 0 Å². The fourth-order valence-electron chi connectivity index (χ4n) is 3.38. The van der Waals surface area contributed by atoms with E-state index >= 15 is 0 Å². The van der Waals surface area contributed by atoms with Crippen LogP contribution in [-0.4, -0.2) is 64.1 Å². The second-order valence-electron chi connectivity index (χ2n) is 6.91. The summed E-state index contributed by atoms with van der Waals surface area (Å²) in [5.41, 5.74) is 2.04. The Bertz CT molecular complexity index is 890. The summed E-state index contributed by atoms with van der Waals surface area (Å²) < 4.78 is 27.8. The zero-order valence-electron chi connectivity index (χ0n) is 15.3. The van der Waals surface area contributed by atoms with Crippen molar-refractivity contribution in [1.82, 2.24) is 24.6 Å².